The molecule has 25 heavy (non-hydrogen) atoms. The first kappa shape index (κ1) is 18.0. The Kier molecular flexibility index (Phi) is 6.11. The van der Waals surface area contributed by atoms with Crippen LogP contribution in [0.1, 0.15) is 29.5 Å². The topological polar surface area (TPSA) is 32.3 Å². The van der Waals surface area contributed by atoms with Gasteiger partial charge in [-0.2, -0.15) is 0 Å². The summed E-state index contributed by atoms with van der Waals surface area (Å²) in [4.78, 5) is 14.9. The fraction of sp³-hybridized carbons (Fsp3) is 0.381. The van der Waals surface area contributed by atoms with E-state index in [9.17, 15) is 4.79 Å². The minimum atomic E-state index is 0.0571. The zero-order valence-corrected chi connectivity index (χ0v) is 15.4. The lowest BCUT2D eigenvalue weighted by Gasteiger charge is -2.32. The Morgan fingerprint density at radius 2 is 1.96 bits per heavy atom. The summed E-state index contributed by atoms with van der Waals surface area (Å²) in [5.41, 5.74) is 3.50. The van der Waals surface area contributed by atoms with Crippen LogP contribution in [0, 0.1) is 12.8 Å². The summed E-state index contributed by atoms with van der Waals surface area (Å²) >= 11 is 6.27. The Bertz CT molecular complexity index is 714. The number of hydrogen-bond acceptors (Lipinski definition) is 2. The lowest BCUT2D eigenvalue weighted by Crippen LogP contribution is -2.42. The molecule has 2 aromatic rings. The van der Waals surface area contributed by atoms with Gasteiger partial charge in [0.2, 0.25) is 5.91 Å². The van der Waals surface area contributed by atoms with E-state index in [1.165, 1.54) is 5.56 Å². The summed E-state index contributed by atoms with van der Waals surface area (Å²) in [5.74, 6) is 0.214. The van der Waals surface area contributed by atoms with Gasteiger partial charge in [0.05, 0.1) is 5.92 Å². The van der Waals surface area contributed by atoms with Crippen LogP contribution in [0.3, 0.4) is 0 Å². The van der Waals surface area contributed by atoms with Crippen molar-refractivity contribution in [1.82, 2.24) is 10.2 Å². The minimum absolute atomic E-state index is 0.0571. The van der Waals surface area contributed by atoms with Gasteiger partial charge in [0.1, 0.15) is 0 Å². The molecule has 1 saturated heterocycles. The van der Waals surface area contributed by atoms with Crippen LogP contribution < -0.4 is 5.32 Å². The SMILES string of the molecule is Cc1ccc(CNC(=O)C2CCCN(Cc3ccccc3Cl)C2)cc1. The second-order valence-corrected chi connectivity index (χ2v) is 7.28. The molecule has 0 spiro atoms. The molecule has 1 unspecified atom stereocenters. The van der Waals surface area contributed by atoms with Crippen LogP contribution in [0.5, 0.6) is 0 Å². The number of nitrogens with one attached hydrogen (secondary N) is 1. The third kappa shape index (κ3) is 5.07. The van der Waals surface area contributed by atoms with Gasteiger partial charge < -0.3 is 5.32 Å². The van der Waals surface area contributed by atoms with Crippen molar-refractivity contribution in [1.29, 1.82) is 0 Å². The summed E-state index contributed by atoms with van der Waals surface area (Å²) in [6.07, 6.45) is 2.01. The van der Waals surface area contributed by atoms with Gasteiger partial charge in [0, 0.05) is 24.7 Å². The normalized spacial score (nSPS) is 18.1. The van der Waals surface area contributed by atoms with E-state index in [4.69, 9.17) is 11.6 Å². The monoisotopic (exact) mass is 356 g/mol. The van der Waals surface area contributed by atoms with Crippen molar-refractivity contribution in [2.45, 2.75) is 32.9 Å². The summed E-state index contributed by atoms with van der Waals surface area (Å²) in [6, 6.07) is 16.2. The molecule has 1 atom stereocenters. The molecule has 3 nitrogen and oxygen atoms in total. The first-order valence-corrected chi connectivity index (χ1v) is 9.28. The van der Waals surface area contributed by atoms with Gasteiger partial charge in [-0.1, -0.05) is 59.6 Å². The molecule has 1 amide bonds. The average molecular weight is 357 g/mol. The molecule has 1 fully saturated rings. The van der Waals surface area contributed by atoms with Crippen molar-refractivity contribution < 1.29 is 4.79 Å². The van der Waals surface area contributed by atoms with Gasteiger partial charge in [-0.25, -0.2) is 0 Å². The smallest absolute Gasteiger partial charge is 0.224 e. The standard InChI is InChI=1S/C21H25ClN2O/c1-16-8-10-17(11-9-16)13-23-21(25)19-6-4-12-24(15-19)14-18-5-2-3-7-20(18)22/h2-3,5,7-11,19H,4,6,12-15H2,1H3,(H,23,25). The number of benzene rings is 2. The van der Waals surface area contributed by atoms with Crippen LogP contribution >= 0.6 is 11.6 Å². The molecule has 1 aliphatic heterocycles. The molecular formula is C21H25ClN2O. The van der Waals surface area contributed by atoms with Gasteiger partial charge in [0.25, 0.3) is 0 Å². The maximum Gasteiger partial charge on any atom is 0.224 e. The van der Waals surface area contributed by atoms with Gasteiger partial charge >= 0.3 is 0 Å². The Morgan fingerprint density at radius 1 is 1.20 bits per heavy atom. The van der Waals surface area contributed by atoms with Crippen LogP contribution in [0.4, 0.5) is 0 Å². The Hall–Kier alpha value is -1.84. The molecular weight excluding hydrogens is 332 g/mol. The van der Waals surface area contributed by atoms with Crippen molar-refractivity contribution in [3.63, 3.8) is 0 Å². The number of carbonyl (C=O) groups is 1. The fourth-order valence-electron chi connectivity index (χ4n) is 3.32. The molecule has 0 aliphatic carbocycles. The number of nitrogens with zero attached hydrogens (tertiary/aromatic N) is 1. The molecule has 1 aliphatic rings. The number of hydrogen-bond donors (Lipinski definition) is 1. The number of likely N-dealkylation sites (tertiary alicyclic amines) is 1. The van der Waals surface area contributed by atoms with Gasteiger partial charge in [-0.05, 0) is 43.5 Å². The Labute approximate surface area is 155 Å². The molecule has 0 aromatic heterocycles. The van der Waals surface area contributed by atoms with E-state index in [-0.39, 0.29) is 11.8 Å². The van der Waals surface area contributed by atoms with E-state index in [0.29, 0.717) is 6.54 Å². The lowest BCUT2D eigenvalue weighted by molar-refractivity contribution is -0.126. The number of piperidine rings is 1. The molecule has 0 saturated carbocycles. The average Bonchev–Trinajstić information content (AvgIpc) is 2.63. The van der Waals surface area contributed by atoms with E-state index >= 15 is 0 Å². The fourth-order valence-corrected chi connectivity index (χ4v) is 3.52. The highest BCUT2D eigenvalue weighted by molar-refractivity contribution is 6.31. The highest BCUT2D eigenvalue weighted by Crippen LogP contribution is 2.22. The number of amides is 1. The van der Waals surface area contributed by atoms with Gasteiger partial charge in [-0.3, -0.25) is 9.69 Å². The van der Waals surface area contributed by atoms with Crippen molar-refractivity contribution >= 4 is 17.5 Å². The number of carbonyl (C=O) groups excluding carboxylic acids is 1. The third-order valence-electron chi connectivity index (χ3n) is 4.82. The molecule has 1 N–H and O–H groups in total. The lowest BCUT2D eigenvalue weighted by atomic mass is 9.96. The summed E-state index contributed by atoms with van der Waals surface area (Å²) < 4.78 is 0. The molecule has 132 valence electrons. The predicted molar refractivity (Wildman–Crippen MR) is 102 cm³/mol. The van der Waals surface area contributed by atoms with E-state index in [1.54, 1.807) is 0 Å². The second kappa shape index (κ2) is 8.50. The predicted octanol–water partition coefficient (Wildman–Crippen LogP) is 4.18. The van der Waals surface area contributed by atoms with Crippen LogP contribution in [-0.4, -0.2) is 23.9 Å². The highest BCUT2D eigenvalue weighted by Gasteiger charge is 2.25. The Balaban J connectivity index is 1.52. The Morgan fingerprint density at radius 3 is 2.72 bits per heavy atom. The summed E-state index contributed by atoms with van der Waals surface area (Å²) in [5, 5.41) is 3.89. The zero-order chi connectivity index (χ0) is 17.6. The summed E-state index contributed by atoms with van der Waals surface area (Å²) in [7, 11) is 0. The number of rotatable bonds is 5. The van der Waals surface area contributed by atoms with E-state index in [1.807, 2.05) is 18.2 Å². The first-order chi connectivity index (χ1) is 12.1. The highest BCUT2D eigenvalue weighted by atomic mass is 35.5. The number of halogens is 1. The molecule has 1 heterocycles. The number of aryl methyl sites for hydroxylation is 1. The van der Waals surface area contributed by atoms with E-state index in [2.05, 4.69) is 47.5 Å². The maximum absolute atomic E-state index is 12.5. The molecule has 0 bridgehead atoms. The van der Waals surface area contributed by atoms with Crippen molar-refractivity contribution in [2.24, 2.45) is 5.92 Å². The van der Waals surface area contributed by atoms with Gasteiger partial charge in [-0.15, -0.1) is 0 Å². The second-order valence-electron chi connectivity index (χ2n) is 6.87. The van der Waals surface area contributed by atoms with Crippen LogP contribution in [0.2, 0.25) is 5.02 Å². The quantitative estimate of drug-likeness (QED) is 0.871. The molecule has 2 aromatic carbocycles. The largest absolute Gasteiger partial charge is 0.352 e. The van der Waals surface area contributed by atoms with E-state index < -0.39 is 0 Å². The molecule has 3 rings (SSSR count). The molecule has 4 heteroatoms. The minimum Gasteiger partial charge on any atom is -0.352 e. The molecule has 0 radical (unpaired) electrons. The van der Waals surface area contributed by atoms with Crippen LogP contribution in [0.15, 0.2) is 48.5 Å². The van der Waals surface area contributed by atoms with Crippen molar-refractivity contribution in [3.05, 3.63) is 70.2 Å². The van der Waals surface area contributed by atoms with Gasteiger partial charge in [0.15, 0.2) is 0 Å². The summed E-state index contributed by atoms with van der Waals surface area (Å²) in [6.45, 7) is 5.29. The first-order valence-electron chi connectivity index (χ1n) is 8.91. The van der Waals surface area contributed by atoms with Crippen molar-refractivity contribution in [2.75, 3.05) is 13.1 Å². The van der Waals surface area contributed by atoms with Crippen LogP contribution in [0.25, 0.3) is 0 Å². The zero-order valence-electron chi connectivity index (χ0n) is 14.7. The van der Waals surface area contributed by atoms with Crippen molar-refractivity contribution in [3.8, 4) is 0 Å². The third-order valence-corrected chi connectivity index (χ3v) is 5.18. The van der Waals surface area contributed by atoms with E-state index in [0.717, 1.165) is 48.6 Å². The van der Waals surface area contributed by atoms with Crippen LogP contribution in [-0.2, 0) is 17.9 Å². The maximum atomic E-state index is 12.5.